The van der Waals surface area contributed by atoms with Crippen LogP contribution in [0.3, 0.4) is 0 Å². The minimum Gasteiger partial charge on any atom is -0.359 e. The number of carbonyl (C=O) groups is 2. The maximum absolute atomic E-state index is 12.2. The van der Waals surface area contributed by atoms with E-state index < -0.39 is 0 Å². The molecule has 1 aliphatic heterocycles. The van der Waals surface area contributed by atoms with Crippen molar-refractivity contribution in [2.24, 2.45) is 0 Å². The van der Waals surface area contributed by atoms with E-state index in [2.05, 4.69) is 16.0 Å². The van der Waals surface area contributed by atoms with Gasteiger partial charge in [0.2, 0.25) is 11.8 Å². The molecule has 1 fully saturated rings. The lowest BCUT2D eigenvalue weighted by molar-refractivity contribution is -0.120. The molecule has 1 aliphatic rings. The molecule has 0 aliphatic carbocycles. The molecule has 1 atom stereocenters. The molecular formula is C15H21N3O2. The van der Waals surface area contributed by atoms with Gasteiger partial charge in [-0.2, -0.15) is 0 Å². The maximum Gasteiger partial charge on any atom is 0.241 e. The molecule has 20 heavy (non-hydrogen) atoms. The number of piperidine rings is 1. The van der Waals surface area contributed by atoms with Crippen LogP contribution in [0.25, 0.3) is 0 Å². The highest BCUT2D eigenvalue weighted by atomic mass is 16.2. The van der Waals surface area contributed by atoms with Gasteiger partial charge in [0.1, 0.15) is 0 Å². The first-order valence-corrected chi connectivity index (χ1v) is 7.03. The van der Waals surface area contributed by atoms with Crippen LogP contribution in [0.5, 0.6) is 0 Å². The zero-order chi connectivity index (χ0) is 14.4. The average Bonchev–Trinajstić information content (AvgIpc) is 2.50. The lowest BCUT2D eigenvalue weighted by atomic mass is 10.0. The Balaban J connectivity index is 2.04. The Hall–Kier alpha value is -1.88. The van der Waals surface area contributed by atoms with Crippen molar-refractivity contribution in [3.63, 3.8) is 0 Å². The molecule has 2 rings (SSSR count). The molecule has 108 valence electrons. The number of para-hydroxylation sites is 1. The molecule has 1 aromatic carbocycles. The fraction of sp³-hybridized carbons (Fsp3) is 0.467. The van der Waals surface area contributed by atoms with E-state index in [0.29, 0.717) is 5.69 Å². The Labute approximate surface area is 119 Å². The van der Waals surface area contributed by atoms with Gasteiger partial charge in [0.05, 0.1) is 12.5 Å². The van der Waals surface area contributed by atoms with Crippen LogP contribution < -0.4 is 16.0 Å². The van der Waals surface area contributed by atoms with E-state index in [1.165, 1.54) is 0 Å². The summed E-state index contributed by atoms with van der Waals surface area (Å²) in [5.41, 5.74) is 1.55. The van der Waals surface area contributed by atoms with Crippen molar-refractivity contribution in [2.75, 3.05) is 18.9 Å². The minimum absolute atomic E-state index is 0.0194. The molecular weight excluding hydrogens is 254 g/mol. The van der Waals surface area contributed by atoms with Crippen LogP contribution in [0.15, 0.2) is 24.3 Å². The van der Waals surface area contributed by atoms with E-state index in [-0.39, 0.29) is 24.3 Å². The quantitative estimate of drug-likeness (QED) is 0.769. The highest BCUT2D eigenvalue weighted by Crippen LogP contribution is 2.17. The Bertz CT molecular complexity index is 482. The molecule has 1 heterocycles. The van der Waals surface area contributed by atoms with Crippen LogP contribution in [-0.2, 0) is 16.0 Å². The number of anilines is 1. The summed E-state index contributed by atoms with van der Waals surface area (Å²) in [7, 11) is 1.61. The summed E-state index contributed by atoms with van der Waals surface area (Å²) < 4.78 is 0. The first kappa shape index (κ1) is 14.5. The fourth-order valence-corrected chi connectivity index (χ4v) is 2.35. The normalized spacial score (nSPS) is 18.4. The number of nitrogens with one attached hydrogen (secondary N) is 3. The van der Waals surface area contributed by atoms with Crippen molar-refractivity contribution in [3.8, 4) is 0 Å². The van der Waals surface area contributed by atoms with Gasteiger partial charge in [0.15, 0.2) is 0 Å². The van der Waals surface area contributed by atoms with Gasteiger partial charge in [-0.25, -0.2) is 0 Å². The average molecular weight is 275 g/mol. The number of rotatable bonds is 4. The molecule has 0 aromatic heterocycles. The Morgan fingerprint density at radius 2 is 2.10 bits per heavy atom. The monoisotopic (exact) mass is 275 g/mol. The summed E-state index contributed by atoms with van der Waals surface area (Å²) in [6.07, 6.45) is 3.33. The third kappa shape index (κ3) is 3.81. The van der Waals surface area contributed by atoms with Gasteiger partial charge in [-0.3, -0.25) is 9.59 Å². The first-order chi connectivity index (χ1) is 9.70. The lowest BCUT2D eigenvalue weighted by Crippen LogP contribution is -2.43. The molecule has 0 spiro atoms. The van der Waals surface area contributed by atoms with Crippen LogP contribution in [0.1, 0.15) is 24.8 Å². The van der Waals surface area contributed by atoms with E-state index in [4.69, 9.17) is 0 Å². The van der Waals surface area contributed by atoms with Gasteiger partial charge in [0.25, 0.3) is 0 Å². The third-order valence-electron chi connectivity index (χ3n) is 3.53. The summed E-state index contributed by atoms with van der Waals surface area (Å²) in [6.45, 7) is 0.887. The van der Waals surface area contributed by atoms with Crippen LogP contribution in [0.2, 0.25) is 0 Å². The van der Waals surface area contributed by atoms with E-state index >= 15 is 0 Å². The van der Waals surface area contributed by atoms with Crippen molar-refractivity contribution in [3.05, 3.63) is 29.8 Å². The summed E-state index contributed by atoms with van der Waals surface area (Å²) in [5, 5.41) is 8.74. The molecule has 1 aromatic rings. The fourth-order valence-electron chi connectivity index (χ4n) is 2.35. The topological polar surface area (TPSA) is 70.2 Å². The minimum atomic E-state index is -0.128. The first-order valence-electron chi connectivity index (χ1n) is 7.03. The smallest absolute Gasteiger partial charge is 0.241 e. The van der Waals surface area contributed by atoms with Crippen molar-refractivity contribution in [2.45, 2.75) is 31.7 Å². The van der Waals surface area contributed by atoms with Crippen LogP contribution >= 0.6 is 0 Å². The highest BCUT2D eigenvalue weighted by Gasteiger charge is 2.21. The van der Waals surface area contributed by atoms with E-state index in [1.54, 1.807) is 7.05 Å². The molecule has 1 saturated heterocycles. The molecule has 0 radical (unpaired) electrons. The Morgan fingerprint density at radius 3 is 2.80 bits per heavy atom. The summed E-state index contributed by atoms with van der Waals surface area (Å²) in [5.74, 6) is -0.0865. The lowest BCUT2D eigenvalue weighted by Gasteiger charge is -2.23. The molecule has 3 N–H and O–H groups in total. The summed E-state index contributed by atoms with van der Waals surface area (Å²) in [4.78, 5) is 23.7. The van der Waals surface area contributed by atoms with E-state index in [1.807, 2.05) is 24.3 Å². The van der Waals surface area contributed by atoms with Gasteiger partial charge in [-0.1, -0.05) is 24.6 Å². The largest absolute Gasteiger partial charge is 0.359 e. The highest BCUT2D eigenvalue weighted by molar-refractivity contribution is 5.96. The van der Waals surface area contributed by atoms with E-state index in [9.17, 15) is 9.59 Å². The van der Waals surface area contributed by atoms with Gasteiger partial charge in [-0.15, -0.1) is 0 Å². The molecule has 5 heteroatoms. The predicted octanol–water partition coefficient (Wildman–Crippen LogP) is 1.06. The standard InChI is InChI=1S/C15H21N3O2/c1-16-14(19)10-11-6-2-3-7-12(11)18-15(20)13-8-4-5-9-17-13/h2-3,6-7,13,17H,4-5,8-10H2,1H3,(H,16,19)(H,18,20). The Morgan fingerprint density at radius 1 is 1.30 bits per heavy atom. The van der Waals surface area contributed by atoms with E-state index in [0.717, 1.165) is 31.4 Å². The number of amides is 2. The second-order valence-corrected chi connectivity index (χ2v) is 5.00. The van der Waals surface area contributed by atoms with Crippen LogP contribution in [0.4, 0.5) is 5.69 Å². The second kappa shape index (κ2) is 7.05. The third-order valence-corrected chi connectivity index (χ3v) is 3.53. The maximum atomic E-state index is 12.2. The Kier molecular flexibility index (Phi) is 5.12. The number of hydrogen-bond donors (Lipinski definition) is 3. The number of hydrogen-bond acceptors (Lipinski definition) is 3. The van der Waals surface area contributed by atoms with Gasteiger partial charge in [0, 0.05) is 12.7 Å². The molecule has 1 unspecified atom stereocenters. The van der Waals surface area contributed by atoms with Crippen molar-refractivity contribution in [1.82, 2.24) is 10.6 Å². The summed E-state index contributed by atoms with van der Waals surface area (Å²) >= 11 is 0. The molecule has 0 saturated carbocycles. The zero-order valence-corrected chi connectivity index (χ0v) is 11.7. The summed E-state index contributed by atoms with van der Waals surface area (Å²) in [6, 6.07) is 7.29. The number of benzene rings is 1. The van der Waals surface area contributed by atoms with Crippen LogP contribution in [0, 0.1) is 0 Å². The van der Waals surface area contributed by atoms with Crippen LogP contribution in [-0.4, -0.2) is 31.4 Å². The van der Waals surface area contributed by atoms with Crippen molar-refractivity contribution >= 4 is 17.5 Å². The van der Waals surface area contributed by atoms with Crippen molar-refractivity contribution in [1.29, 1.82) is 0 Å². The second-order valence-electron chi connectivity index (χ2n) is 5.00. The van der Waals surface area contributed by atoms with Gasteiger partial charge in [-0.05, 0) is 31.0 Å². The van der Waals surface area contributed by atoms with Gasteiger partial charge >= 0.3 is 0 Å². The number of carbonyl (C=O) groups excluding carboxylic acids is 2. The van der Waals surface area contributed by atoms with Gasteiger partial charge < -0.3 is 16.0 Å². The molecule has 0 bridgehead atoms. The molecule has 2 amide bonds. The predicted molar refractivity (Wildman–Crippen MR) is 78.5 cm³/mol. The SMILES string of the molecule is CNC(=O)Cc1ccccc1NC(=O)C1CCCCN1. The molecule has 5 nitrogen and oxygen atoms in total. The number of likely N-dealkylation sites (N-methyl/N-ethyl adjacent to an activating group) is 1. The zero-order valence-electron chi connectivity index (χ0n) is 11.7. The van der Waals surface area contributed by atoms with Crippen molar-refractivity contribution < 1.29 is 9.59 Å².